The summed E-state index contributed by atoms with van der Waals surface area (Å²) in [7, 11) is 0. The van der Waals surface area contributed by atoms with Crippen LogP contribution < -0.4 is 0 Å². The number of aromatic nitrogens is 2. The van der Waals surface area contributed by atoms with Gasteiger partial charge < -0.3 is 5.21 Å². The van der Waals surface area contributed by atoms with Gasteiger partial charge in [0.1, 0.15) is 11.5 Å². The summed E-state index contributed by atoms with van der Waals surface area (Å²) in [5.74, 6) is 0.683. The molecule has 1 aromatic rings. The maximum absolute atomic E-state index is 8.60. The van der Waals surface area contributed by atoms with Crippen LogP contribution in [0.3, 0.4) is 0 Å². The predicted molar refractivity (Wildman–Crippen MR) is 45.4 cm³/mol. The van der Waals surface area contributed by atoms with Gasteiger partial charge in [-0.2, -0.15) is 0 Å². The monoisotopic (exact) mass is 165 g/mol. The van der Waals surface area contributed by atoms with E-state index < -0.39 is 0 Å². The van der Waals surface area contributed by atoms with Gasteiger partial charge in [0, 0.05) is 6.20 Å². The minimum Gasteiger partial charge on any atom is -0.411 e. The molecule has 0 aliphatic heterocycles. The number of oxime groups is 1. The van der Waals surface area contributed by atoms with Crippen LogP contribution in [0, 0.1) is 6.92 Å². The summed E-state index contributed by atoms with van der Waals surface area (Å²) in [6.07, 6.45) is 2.31. The fourth-order valence-corrected chi connectivity index (χ4v) is 0.920. The minimum absolute atomic E-state index is 0.584. The zero-order valence-corrected chi connectivity index (χ0v) is 7.15. The van der Waals surface area contributed by atoms with Gasteiger partial charge in [-0.05, 0) is 19.4 Å². The van der Waals surface area contributed by atoms with Crippen LogP contribution in [0.4, 0.5) is 0 Å². The Bertz CT molecular complexity index is 296. The Morgan fingerprint density at radius 1 is 1.67 bits per heavy atom. The average Bonchev–Trinajstić information content (AvgIpc) is 2.07. The van der Waals surface area contributed by atoms with E-state index in [1.54, 1.807) is 19.2 Å². The van der Waals surface area contributed by atoms with Crippen LogP contribution >= 0.6 is 0 Å². The van der Waals surface area contributed by atoms with Crippen molar-refractivity contribution in [1.82, 2.24) is 9.97 Å². The zero-order valence-electron chi connectivity index (χ0n) is 7.15. The van der Waals surface area contributed by atoms with Gasteiger partial charge in [-0.3, -0.25) is 0 Å². The molecule has 0 aromatic carbocycles. The van der Waals surface area contributed by atoms with Gasteiger partial charge in [0.05, 0.1) is 5.69 Å². The van der Waals surface area contributed by atoms with E-state index in [9.17, 15) is 0 Å². The molecule has 4 nitrogen and oxygen atoms in total. The number of aryl methyl sites for hydroxylation is 1. The lowest BCUT2D eigenvalue weighted by Gasteiger charge is -1.99. The Hall–Kier alpha value is -1.45. The highest BCUT2D eigenvalue weighted by Crippen LogP contribution is 2.00. The van der Waals surface area contributed by atoms with Gasteiger partial charge in [-0.25, -0.2) is 9.97 Å². The Kier molecular flexibility index (Phi) is 2.74. The lowest BCUT2D eigenvalue weighted by molar-refractivity contribution is 0.318. The minimum atomic E-state index is 0.584. The summed E-state index contributed by atoms with van der Waals surface area (Å²) in [6, 6.07) is 1.73. The summed E-state index contributed by atoms with van der Waals surface area (Å²) in [5, 5.41) is 11.7. The molecule has 1 heterocycles. The molecule has 0 spiro atoms. The average molecular weight is 165 g/mol. The molecule has 0 aliphatic carbocycles. The number of nitrogens with zero attached hydrogens (tertiary/aromatic N) is 3. The Morgan fingerprint density at radius 3 is 2.92 bits per heavy atom. The summed E-state index contributed by atoms with van der Waals surface area (Å²) < 4.78 is 0. The van der Waals surface area contributed by atoms with E-state index in [0.717, 1.165) is 0 Å². The first-order valence-electron chi connectivity index (χ1n) is 3.79. The number of hydrogen-bond acceptors (Lipinski definition) is 4. The van der Waals surface area contributed by atoms with Crippen molar-refractivity contribution in [2.75, 3.05) is 0 Å². The largest absolute Gasteiger partial charge is 0.411 e. The fraction of sp³-hybridized carbons (Fsp3) is 0.375. The molecule has 0 aliphatic rings. The van der Waals surface area contributed by atoms with Crippen LogP contribution in [0.5, 0.6) is 0 Å². The second kappa shape index (κ2) is 3.80. The van der Waals surface area contributed by atoms with Crippen molar-refractivity contribution in [1.29, 1.82) is 0 Å². The molecule has 64 valence electrons. The standard InChI is InChI=1S/C8H11N3O/c1-3-7(11-12)8-4-5-9-6(2)10-8/h4-5,12H,3H2,1-2H3. The molecule has 1 rings (SSSR count). The quantitative estimate of drug-likeness (QED) is 0.409. The van der Waals surface area contributed by atoms with E-state index in [0.29, 0.717) is 23.7 Å². The van der Waals surface area contributed by atoms with Crippen molar-refractivity contribution < 1.29 is 5.21 Å². The van der Waals surface area contributed by atoms with Crippen LogP contribution in [0.15, 0.2) is 17.4 Å². The molecule has 0 radical (unpaired) electrons. The van der Waals surface area contributed by atoms with Gasteiger partial charge in [-0.15, -0.1) is 0 Å². The second-order valence-corrected chi connectivity index (χ2v) is 2.39. The smallest absolute Gasteiger partial charge is 0.125 e. The van der Waals surface area contributed by atoms with Crippen molar-refractivity contribution in [2.45, 2.75) is 20.3 Å². The first-order chi connectivity index (χ1) is 5.77. The molecule has 0 amide bonds. The molecule has 0 bridgehead atoms. The molecule has 1 aromatic heterocycles. The number of rotatable bonds is 2. The molecule has 1 N–H and O–H groups in total. The van der Waals surface area contributed by atoms with Crippen molar-refractivity contribution in [3.63, 3.8) is 0 Å². The highest BCUT2D eigenvalue weighted by Gasteiger charge is 2.02. The van der Waals surface area contributed by atoms with E-state index in [-0.39, 0.29) is 0 Å². The van der Waals surface area contributed by atoms with E-state index in [1.165, 1.54) is 0 Å². The maximum Gasteiger partial charge on any atom is 0.125 e. The Labute approximate surface area is 71.0 Å². The molecule has 0 saturated carbocycles. The third-order valence-corrected chi connectivity index (χ3v) is 1.53. The van der Waals surface area contributed by atoms with Crippen LogP contribution in [-0.2, 0) is 0 Å². The molecular weight excluding hydrogens is 154 g/mol. The van der Waals surface area contributed by atoms with E-state index >= 15 is 0 Å². The number of hydrogen-bond donors (Lipinski definition) is 1. The highest BCUT2D eigenvalue weighted by molar-refractivity contribution is 5.98. The van der Waals surface area contributed by atoms with Crippen LogP contribution in [0.25, 0.3) is 0 Å². The van der Waals surface area contributed by atoms with Crippen LogP contribution in [0.2, 0.25) is 0 Å². The van der Waals surface area contributed by atoms with Gasteiger partial charge in [0.15, 0.2) is 0 Å². The molecule has 0 atom stereocenters. The van der Waals surface area contributed by atoms with E-state index in [2.05, 4.69) is 15.1 Å². The summed E-state index contributed by atoms with van der Waals surface area (Å²) in [5.41, 5.74) is 1.27. The molecule has 0 saturated heterocycles. The molecule has 12 heavy (non-hydrogen) atoms. The van der Waals surface area contributed by atoms with Crippen molar-refractivity contribution in [3.8, 4) is 0 Å². The topological polar surface area (TPSA) is 58.4 Å². The molecular formula is C8H11N3O. The maximum atomic E-state index is 8.60. The summed E-state index contributed by atoms with van der Waals surface area (Å²) in [4.78, 5) is 8.06. The zero-order chi connectivity index (χ0) is 8.97. The Balaban J connectivity index is 3.02. The van der Waals surface area contributed by atoms with Crippen molar-refractivity contribution in [2.24, 2.45) is 5.16 Å². The van der Waals surface area contributed by atoms with Crippen molar-refractivity contribution >= 4 is 5.71 Å². The summed E-state index contributed by atoms with van der Waals surface area (Å²) in [6.45, 7) is 3.71. The SMILES string of the molecule is CCC(=NO)c1ccnc(C)n1. The molecule has 4 heteroatoms. The molecule has 0 fully saturated rings. The molecule has 0 unspecified atom stereocenters. The van der Waals surface area contributed by atoms with Crippen LogP contribution in [-0.4, -0.2) is 20.9 Å². The van der Waals surface area contributed by atoms with E-state index in [1.807, 2.05) is 6.92 Å². The van der Waals surface area contributed by atoms with Gasteiger partial charge in [-0.1, -0.05) is 12.1 Å². The highest BCUT2D eigenvalue weighted by atomic mass is 16.4. The first-order valence-corrected chi connectivity index (χ1v) is 3.79. The summed E-state index contributed by atoms with van der Waals surface area (Å²) >= 11 is 0. The Morgan fingerprint density at radius 2 is 2.42 bits per heavy atom. The van der Waals surface area contributed by atoms with Gasteiger partial charge >= 0.3 is 0 Å². The normalized spacial score (nSPS) is 11.7. The first kappa shape index (κ1) is 8.64. The van der Waals surface area contributed by atoms with E-state index in [4.69, 9.17) is 5.21 Å². The van der Waals surface area contributed by atoms with Crippen molar-refractivity contribution in [3.05, 3.63) is 23.8 Å². The second-order valence-electron chi connectivity index (χ2n) is 2.39. The van der Waals surface area contributed by atoms with Gasteiger partial charge in [0.2, 0.25) is 0 Å². The van der Waals surface area contributed by atoms with Gasteiger partial charge in [0.25, 0.3) is 0 Å². The van der Waals surface area contributed by atoms with Crippen LogP contribution in [0.1, 0.15) is 24.9 Å². The predicted octanol–water partition coefficient (Wildman–Crippen LogP) is 1.37. The third kappa shape index (κ3) is 1.78. The third-order valence-electron chi connectivity index (χ3n) is 1.53. The lowest BCUT2D eigenvalue weighted by atomic mass is 10.2. The lowest BCUT2D eigenvalue weighted by Crippen LogP contribution is -2.03. The fourth-order valence-electron chi connectivity index (χ4n) is 0.920.